The van der Waals surface area contributed by atoms with Crippen LogP contribution in [0.15, 0.2) is 0 Å². The summed E-state index contributed by atoms with van der Waals surface area (Å²) in [6.45, 7) is 5.22. The molecule has 0 radical (unpaired) electrons. The van der Waals surface area contributed by atoms with E-state index in [1.165, 1.54) is 11.5 Å². The number of carbonyl (C=O) groups is 1. The van der Waals surface area contributed by atoms with E-state index < -0.39 is 0 Å². The van der Waals surface area contributed by atoms with Crippen molar-refractivity contribution >= 4 is 33.4 Å². The third kappa shape index (κ3) is 2.89. The van der Waals surface area contributed by atoms with Crippen molar-refractivity contribution in [1.82, 2.24) is 14.5 Å². The smallest absolute Gasteiger partial charge is 0.267 e. The lowest BCUT2D eigenvalue weighted by atomic mass is 10.2. The van der Waals surface area contributed by atoms with Gasteiger partial charge in [-0.2, -0.15) is 0 Å². The van der Waals surface area contributed by atoms with E-state index in [1.54, 1.807) is 0 Å². The number of hydrogen-bond acceptors (Lipinski definition) is 5. The first-order valence-electron chi connectivity index (χ1n) is 5.97. The molecule has 1 aliphatic heterocycles. The quantitative estimate of drug-likeness (QED) is 0.790. The van der Waals surface area contributed by atoms with E-state index in [-0.39, 0.29) is 18.1 Å². The van der Waals surface area contributed by atoms with Crippen LogP contribution in [-0.2, 0) is 11.2 Å². The number of aryl methyl sites for hydroxylation is 1. The van der Waals surface area contributed by atoms with Crippen molar-refractivity contribution in [2.24, 2.45) is 0 Å². The zero-order valence-electron chi connectivity index (χ0n) is 10.4. The van der Waals surface area contributed by atoms with Crippen LogP contribution < -0.4 is 0 Å². The molecule has 2 atom stereocenters. The van der Waals surface area contributed by atoms with Crippen LogP contribution in [0.1, 0.15) is 29.2 Å². The maximum Gasteiger partial charge on any atom is 0.267 e. The molecule has 7 heteroatoms. The normalized spacial score (nSPS) is 24.3. The zero-order valence-corrected chi connectivity index (χ0v) is 12.8. The SMILES string of the molecule is CCc1nnsc1C(=O)N1CC(C)OC(CBr)C1. The van der Waals surface area contributed by atoms with Crippen LogP contribution in [0.2, 0.25) is 0 Å². The number of aromatic nitrogens is 2. The van der Waals surface area contributed by atoms with Crippen molar-refractivity contribution in [2.75, 3.05) is 18.4 Å². The summed E-state index contributed by atoms with van der Waals surface area (Å²) in [6, 6.07) is 0. The van der Waals surface area contributed by atoms with Gasteiger partial charge in [0.2, 0.25) is 0 Å². The number of nitrogens with zero attached hydrogens (tertiary/aromatic N) is 3. The first-order valence-corrected chi connectivity index (χ1v) is 7.87. The van der Waals surface area contributed by atoms with Gasteiger partial charge < -0.3 is 9.64 Å². The van der Waals surface area contributed by atoms with Crippen LogP contribution in [0.3, 0.4) is 0 Å². The highest BCUT2D eigenvalue weighted by Crippen LogP contribution is 2.19. The van der Waals surface area contributed by atoms with Gasteiger partial charge in [0.15, 0.2) is 0 Å². The first-order chi connectivity index (χ1) is 8.65. The van der Waals surface area contributed by atoms with Crippen LogP contribution in [0.5, 0.6) is 0 Å². The Morgan fingerprint density at radius 1 is 1.61 bits per heavy atom. The number of amides is 1. The summed E-state index contributed by atoms with van der Waals surface area (Å²) in [7, 11) is 0. The highest BCUT2D eigenvalue weighted by atomic mass is 79.9. The Bertz CT molecular complexity index is 426. The Balaban J connectivity index is 2.13. The van der Waals surface area contributed by atoms with Gasteiger partial charge in [-0.1, -0.05) is 27.3 Å². The lowest BCUT2D eigenvalue weighted by molar-refractivity contribution is -0.0558. The van der Waals surface area contributed by atoms with Gasteiger partial charge in [0, 0.05) is 18.4 Å². The van der Waals surface area contributed by atoms with Gasteiger partial charge in [-0.05, 0) is 24.9 Å². The molecule has 0 aromatic carbocycles. The fourth-order valence-electron chi connectivity index (χ4n) is 2.04. The van der Waals surface area contributed by atoms with Gasteiger partial charge in [-0.15, -0.1) is 5.10 Å². The molecule has 2 rings (SSSR count). The summed E-state index contributed by atoms with van der Waals surface area (Å²) >= 11 is 4.59. The van der Waals surface area contributed by atoms with Gasteiger partial charge in [0.05, 0.1) is 17.9 Å². The second-order valence-corrected chi connectivity index (χ2v) is 5.74. The Morgan fingerprint density at radius 3 is 3.06 bits per heavy atom. The number of halogens is 1. The van der Waals surface area contributed by atoms with Crippen molar-refractivity contribution in [3.05, 3.63) is 10.6 Å². The van der Waals surface area contributed by atoms with Gasteiger partial charge in [0.25, 0.3) is 5.91 Å². The van der Waals surface area contributed by atoms with E-state index >= 15 is 0 Å². The second kappa shape index (κ2) is 6.08. The molecule has 1 aromatic rings. The summed E-state index contributed by atoms with van der Waals surface area (Å²) in [6.07, 6.45) is 0.860. The number of ether oxygens (including phenoxy) is 1. The van der Waals surface area contributed by atoms with Crippen molar-refractivity contribution in [1.29, 1.82) is 0 Å². The largest absolute Gasteiger partial charge is 0.371 e. The Kier molecular flexibility index (Phi) is 4.69. The van der Waals surface area contributed by atoms with Crippen LogP contribution >= 0.6 is 27.5 Å². The average molecular weight is 334 g/mol. The van der Waals surface area contributed by atoms with Gasteiger partial charge >= 0.3 is 0 Å². The predicted octanol–water partition coefficient (Wildman–Crippen LogP) is 1.72. The summed E-state index contributed by atoms with van der Waals surface area (Å²) in [5.41, 5.74) is 0.791. The first kappa shape index (κ1) is 13.9. The number of alkyl halides is 1. The van der Waals surface area contributed by atoms with Crippen molar-refractivity contribution in [2.45, 2.75) is 32.5 Å². The third-order valence-electron chi connectivity index (χ3n) is 2.87. The molecule has 0 N–H and O–H groups in total. The van der Waals surface area contributed by atoms with E-state index in [0.29, 0.717) is 18.0 Å². The number of carbonyl (C=O) groups excluding carboxylic acids is 1. The van der Waals surface area contributed by atoms with Crippen LogP contribution in [0.25, 0.3) is 0 Å². The standard InChI is InChI=1S/C11H16BrN3O2S/c1-3-9-10(18-14-13-9)11(16)15-5-7(2)17-8(4-12)6-15/h7-8H,3-6H2,1-2H3. The highest BCUT2D eigenvalue weighted by molar-refractivity contribution is 9.09. The molecule has 0 bridgehead atoms. The summed E-state index contributed by atoms with van der Waals surface area (Å²) in [4.78, 5) is 14.9. The molecule has 1 amide bonds. The van der Waals surface area contributed by atoms with E-state index in [4.69, 9.17) is 4.74 Å². The summed E-state index contributed by atoms with van der Waals surface area (Å²) in [5.74, 6) is 0.0305. The fourth-order valence-corrected chi connectivity index (χ4v) is 3.12. The molecule has 100 valence electrons. The van der Waals surface area contributed by atoms with Crippen LogP contribution in [0.4, 0.5) is 0 Å². The van der Waals surface area contributed by atoms with Crippen molar-refractivity contribution in [3.63, 3.8) is 0 Å². The molecule has 0 saturated carbocycles. The number of morpholine rings is 1. The molecule has 2 heterocycles. The zero-order chi connectivity index (χ0) is 13.1. The molecule has 5 nitrogen and oxygen atoms in total. The molecule has 0 aliphatic carbocycles. The molecule has 18 heavy (non-hydrogen) atoms. The minimum absolute atomic E-state index is 0.0305. The Labute approximate surface area is 119 Å². The molecule has 0 spiro atoms. The average Bonchev–Trinajstić information content (AvgIpc) is 2.85. The molecule has 1 aromatic heterocycles. The molecular formula is C11H16BrN3O2S. The van der Waals surface area contributed by atoms with E-state index in [1.807, 2.05) is 18.7 Å². The fraction of sp³-hybridized carbons (Fsp3) is 0.727. The van der Waals surface area contributed by atoms with Crippen molar-refractivity contribution in [3.8, 4) is 0 Å². The second-order valence-electron chi connectivity index (χ2n) is 4.34. The summed E-state index contributed by atoms with van der Waals surface area (Å²) in [5, 5.41) is 4.73. The monoisotopic (exact) mass is 333 g/mol. The van der Waals surface area contributed by atoms with Crippen LogP contribution in [-0.4, -0.2) is 51.0 Å². The minimum atomic E-state index is 0.0305. The predicted molar refractivity (Wildman–Crippen MR) is 73.3 cm³/mol. The number of rotatable bonds is 3. The third-order valence-corrected chi connectivity index (χ3v) is 4.35. The lowest BCUT2D eigenvalue weighted by Crippen LogP contribution is -2.49. The van der Waals surface area contributed by atoms with E-state index in [9.17, 15) is 4.79 Å². The van der Waals surface area contributed by atoms with Gasteiger partial charge in [-0.3, -0.25) is 4.79 Å². The van der Waals surface area contributed by atoms with Gasteiger partial charge in [-0.25, -0.2) is 0 Å². The minimum Gasteiger partial charge on any atom is -0.371 e. The molecule has 1 aliphatic rings. The molecule has 2 unspecified atom stereocenters. The molecule has 1 fully saturated rings. The van der Waals surface area contributed by atoms with E-state index in [2.05, 4.69) is 25.5 Å². The lowest BCUT2D eigenvalue weighted by Gasteiger charge is -2.35. The van der Waals surface area contributed by atoms with Crippen molar-refractivity contribution < 1.29 is 9.53 Å². The topological polar surface area (TPSA) is 55.3 Å². The van der Waals surface area contributed by atoms with Crippen LogP contribution in [0, 0.1) is 0 Å². The summed E-state index contributed by atoms with van der Waals surface area (Å²) < 4.78 is 9.59. The molecular weight excluding hydrogens is 318 g/mol. The molecule has 1 saturated heterocycles. The Hall–Kier alpha value is -0.530. The maximum absolute atomic E-state index is 12.4. The number of hydrogen-bond donors (Lipinski definition) is 0. The van der Waals surface area contributed by atoms with Gasteiger partial charge in [0.1, 0.15) is 4.88 Å². The highest BCUT2D eigenvalue weighted by Gasteiger charge is 2.30. The Morgan fingerprint density at radius 2 is 2.39 bits per heavy atom. The maximum atomic E-state index is 12.4. The van der Waals surface area contributed by atoms with E-state index in [0.717, 1.165) is 17.4 Å².